The van der Waals surface area contributed by atoms with Crippen LogP contribution in [0.25, 0.3) is 11.0 Å². The van der Waals surface area contributed by atoms with Crippen LogP contribution in [0, 0.1) is 6.92 Å². The number of fused-ring (bicyclic) bond motifs is 1. The Hall–Kier alpha value is -1.85. The van der Waals surface area contributed by atoms with Gasteiger partial charge in [0.05, 0.1) is 4.90 Å². The molecule has 4 nitrogen and oxygen atoms in total. The first-order chi connectivity index (χ1) is 9.50. The molecule has 0 saturated heterocycles. The fourth-order valence-corrected chi connectivity index (χ4v) is 3.88. The van der Waals surface area contributed by atoms with Gasteiger partial charge in [-0.25, -0.2) is 17.4 Å². The Morgan fingerprint density at radius 3 is 2.50 bits per heavy atom. The third-order valence-corrected chi connectivity index (χ3v) is 5.08. The molecule has 102 valence electrons. The lowest BCUT2D eigenvalue weighted by Crippen LogP contribution is -2.13. The standard InChI is InChI=1S/C14H11ClN2O2S/c1-10-7-8-11-9-13(15)17(14(11)16-10)20(18,19)12-5-3-2-4-6-12/h2-9H,1H3. The first-order valence-corrected chi connectivity index (χ1v) is 7.77. The van der Waals surface area contributed by atoms with E-state index in [0.717, 1.165) is 9.67 Å². The minimum Gasteiger partial charge on any atom is -0.234 e. The van der Waals surface area contributed by atoms with Crippen molar-refractivity contribution in [2.45, 2.75) is 11.8 Å². The molecule has 2 aromatic heterocycles. The highest BCUT2D eigenvalue weighted by molar-refractivity contribution is 7.90. The molecule has 0 amide bonds. The van der Waals surface area contributed by atoms with Gasteiger partial charge in [-0.15, -0.1) is 0 Å². The number of rotatable bonds is 2. The molecule has 3 aromatic rings. The van der Waals surface area contributed by atoms with Crippen molar-refractivity contribution in [1.29, 1.82) is 0 Å². The summed E-state index contributed by atoms with van der Waals surface area (Å²) in [6.45, 7) is 1.81. The number of hydrogen-bond donors (Lipinski definition) is 0. The maximum Gasteiger partial charge on any atom is 0.270 e. The first kappa shape index (κ1) is 13.1. The highest BCUT2D eigenvalue weighted by Crippen LogP contribution is 2.27. The van der Waals surface area contributed by atoms with Gasteiger partial charge in [-0.3, -0.25) is 0 Å². The van der Waals surface area contributed by atoms with E-state index in [9.17, 15) is 8.42 Å². The summed E-state index contributed by atoms with van der Waals surface area (Å²) in [7, 11) is -3.75. The Morgan fingerprint density at radius 2 is 1.80 bits per heavy atom. The summed E-state index contributed by atoms with van der Waals surface area (Å²) in [6, 6.07) is 13.4. The highest BCUT2D eigenvalue weighted by atomic mass is 35.5. The molecule has 0 aliphatic heterocycles. The predicted octanol–water partition coefficient (Wildman–Crippen LogP) is 3.24. The molecular weight excluding hydrogens is 296 g/mol. The minimum absolute atomic E-state index is 0.127. The molecule has 1 aromatic carbocycles. The van der Waals surface area contributed by atoms with E-state index in [-0.39, 0.29) is 10.0 Å². The van der Waals surface area contributed by atoms with Gasteiger partial charge in [0.15, 0.2) is 5.65 Å². The van der Waals surface area contributed by atoms with Crippen LogP contribution in [0.1, 0.15) is 5.69 Å². The smallest absolute Gasteiger partial charge is 0.234 e. The molecule has 0 aliphatic rings. The van der Waals surface area contributed by atoms with E-state index in [1.165, 1.54) is 12.1 Å². The zero-order valence-corrected chi connectivity index (χ0v) is 12.2. The molecule has 0 fully saturated rings. The summed E-state index contributed by atoms with van der Waals surface area (Å²) < 4.78 is 26.4. The van der Waals surface area contributed by atoms with Crippen LogP contribution in [0.5, 0.6) is 0 Å². The molecule has 0 aliphatic carbocycles. The molecule has 0 atom stereocenters. The predicted molar refractivity (Wildman–Crippen MR) is 78.5 cm³/mol. The van der Waals surface area contributed by atoms with Crippen LogP contribution in [0.15, 0.2) is 53.4 Å². The molecule has 3 rings (SSSR count). The van der Waals surface area contributed by atoms with Crippen LogP contribution in [-0.2, 0) is 10.0 Å². The van der Waals surface area contributed by atoms with Crippen molar-refractivity contribution in [2.24, 2.45) is 0 Å². The summed E-state index contributed by atoms with van der Waals surface area (Å²) in [5, 5.41) is 0.821. The van der Waals surface area contributed by atoms with Gasteiger partial charge in [-0.2, -0.15) is 0 Å². The van der Waals surface area contributed by atoms with Crippen molar-refractivity contribution in [1.82, 2.24) is 8.96 Å². The maximum absolute atomic E-state index is 12.7. The van der Waals surface area contributed by atoms with E-state index in [1.54, 1.807) is 37.3 Å². The second-order valence-electron chi connectivity index (χ2n) is 4.42. The number of benzene rings is 1. The van der Waals surface area contributed by atoms with Crippen LogP contribution in [0.4, 0.5) is 0 Å². The summed E-state index contributed by atoms with van der Waals surface area (Å²) >= 11 is 6.10. The van der Waals surface area contributed by atoms with Gasteiger partial charge in [0.25, 0.3) is 10.0 Å². The van der Waals surface area contributed by atoms with E-state index >= 15 is 0 Å². The number of pyridine rings is 1. The van der Waals surface area contributed by atoms with Crippen molar-refractivity contribution < 1.29 is 8.42 Å². The van der Waals surface area contributed by atoms with E-state index in [1.807, 2.05) is 6.07 Å². The molecule has 0 saturated carbocycles. The van der Waals surface area contributed by atoms with Crippen molar-refractivity contribution in [3.8, 4) is 0 Å². The summed E-state index contributed by atoms with van der Waals surface area (Å²) in [6.07, 6.45) is 0. The van der Waals surface area contributed by atoms with Crippen LogP contribution < -0.4 is 0 Å². The molecule has 0 spiro atoms. The minimum atomic E-state index is -3.75. The second-order valence-corrected chi connectivity index (χ2v) is 6.59. The van der Waals surface area contributed by atoms with Crippen molar-refractivity contribution in [3.63, 3.8) is 0 Å². The number of aryl methyl sites for hydroxylation is 1. The molecule has 0 unspecified atom stereocenters. The van der Waals surface area contributed by atoms with Gasteiger partial charge in [0, 0.05) is 11.1 Å². The number of halogens is 1. The summed E-state index contributed by atoms with van der Waals surface area (Å²) in [5.41, 5.74) is 1.08. The average Bonchev–Trinajstić information content (AvgIpc) is 2.75. The SMILES string of the molecule is Cc1ccc2cc(Cl)n(S(=O)(=O)c3ccccc3)c2n1. The summed E-state index contributed by atoms with van der Waals surface area (Å²) in [4.78, 5) is 4.47. The monoisotopic (exact) mass is 306 g/mol. The molecule has 6 heteroatoms. The molecule has 20 heavy (non-hydrogen) atoms. The molecule has 2 heterocycles. The van der Waals surface area contributed by atoms with Crippen LogP contribution in [0.2, 0.25) is 5.15 Å². The maximum atomic E-state index is 12.7. The number of hydrogen-bond acceptors (Lipinski definition) is 3. The van der Waals surface area contributed by atoms with Gasteiger partial charge in [-0.05, 0) is 37.3 Å². The summed E-state index contributed by atoms with van der Waals surface area (Å²) in [5.74, 6) is 0. The molecule has 0 bridgehead atoms. The lowest BCUT2D eigenvalue weighted by atomic mass is 10.3. The quantitative estimate of drug-likeness (QED) is 0.730. The molecule has 0 N–H and O–H groups in total. The van der Waals surface area contributed by atoms with Crippen LogP contribution >= 0.6 is 11.6 Å². The molecule has 0 radical (unpaired) electrons. The largest absolute Gasteiger partial charge is 0.270 e. The lowest BCUT2D eigenvalue weighted by molar-refractivity contribution is 0.589. The van der Waals surface area contributed by atoms with Gasteiger partial charge in [0.1, 0.15) is 5.15 Å². The Bertz CT molecular complexity index is 886. The van der Waals surface area contributed by atoms with E-state index in [0.29, 0.717) is 11.0 Å². The van der Waals surface area contributed by atoms with Gasteiger partial charge >= 0.3 is 0 Å². The topological polar surface area (TPSA) is 52.0 Å². The molecular formula is C14H11ClN2O2S. The fraction of sp³-hybridized carbons (Fsp3) is 0.0714. The van der Waals surface area contributed by atoms with Crippen LogP contribution in [0.3, 0.4) is 0 Å². The van der Waals surface area contributed by atoms with Crippen molar-refractivity contribution in [2.75, 3.05) is 0 Å². The fourth-order valence-electron chi connectivity index (χ4n) is 2.04. The Morgan fingerprint density at radius 1 is 1.10 bits per heavy atom. The Balaban J connectivity index is 2.35. The van der Waals surface area contributed by atoms with Gasteiger partial charge in [-0.1, -0.05) is 29.8 Å². The number of nitrogens with zero attached hydrogens (tertiary/aromatic N) is 2. The van der Waals surface area contributed by atoms with Gasteiger partial charge < -0.3 is 0 Å². The van der Waals surface area contributed by atoms with E-state index in [2.05, 4.69) is 4.98 Å². The third kappa shape index (κ3) is 1.99. The lowest BCUT2D eigenvalue weighted by Gasteiger charge is -2.08. The van der Waals surface area contributed by atoms with Crippen molar-refractivity contribution >= 4 is 32.7 Å². The van der Waals surface area contributed by atoms with Crippen molar-refractivity contribution in [3.05, 3.63) is 59.4 Å². The van der Waals surface area contributed by atoms with Crippen LogP contribution in [-0.4, -0.2) is 17.4 Å². The average molecular weight is 307 g/mol. The van der Waals surface area contributed by atoms with E-state index in [4.69, 9.17) is 11.6 Å². The number of aromatic nitrogens is 2. The zero-order chi connectivity index (χ0) is 14.3. The Kier molecular flexibility index (Phi) is 3.03. The second kappa shape index (κ2) is 4.61. The van der Waals surface area contributed by atoms with Gasteiger partial charge in [0.2, 0.25) is 0 Å². The zero-order valence-electron chi connectivity index (χ0n) is 10.6. The Labute approximate surface area is 121 Å². The normalized spacial score (nSPS) is 11.9. The third-order valence-electron chi connectivity index (χ3n) is 2.99. The first-order valence-electron chi connectivity index (χ1n) is 5.95. The van der Waals surface area contributed by atoms with E-state index < -0.39 is 10.0 Å². The highest BCUT2D eigenvalue weighted by Gasteiger charge is 2.22.